The molecule has 86 valence electrons. The van der Waals surface area contributed by atoms with Gasteiger partial charge < -0.3 is 4.52 Å². The van der Waals surface area contributed by atoms with E-state index in [2.05, 4.69) is 52.9 Å². The van der Waals surface area contributed by atoms with Gasteiger partial charge in [0.15, 0.2) is 0 Å². The summed E-state index contributed by atoms with van der Waals surface area (Å²) in [5.41, 5.74) is 0. The molecular weight excluding hydrogens is 193 g/mol. The molecule has 0 aliphatic rings. The van der Waals surface area contributed by atoms with E-state index in [1.165, 1.54) is 0 Å². The maximum atomic E-state index is 5.97. The van der Waals surface area contributed by atoms with Crippen molar-refractivity contribution in [3.05, 3.63) is 0 Å². The maximum Gasteiger partial charge on any atom is 0.101 e. The van der Waals surface area contributed by atoms with Gasteiger partial charge in [-0.1, -0.05) is 6.92 Å². The van der Waals surface area contributed by atoms with Crippen LogP contribution in [0, 0.1) is 0 Å². The van der Waals surface area contributed by atoms with Crippen molar-refractivity contribution in [2.45, 2.75) is 66.2 Å². The predicted molar refractivity (Wildman–Crippen MR) is 65.8 cm³/mol. The second kappa shape index (κ2) is 6.76. The highest BCUT2D eigenvalue weighted by molar-refractivity contribution is 7.49. The van der Waals surface area contributed by atoms with Gasteiger partial charge in [-0.15, -0.1) is 0 Å². The van der Waals surface area contributed by atoms with Crippen LogP contribution in [0.3, 0.4) is 0 Å². The topological polar surface area (TPSA) is 12.5 Å². The standard InChI is InChI=1S/C11H26NOP/c1-8-11(6)13-14(7)12(9(2)3)10(4)5/h9-11H,8H2,1-7H3. The molecule has 2 nitrogen and oxygen atoms in total. The maximum absolute atomic E-state index is 5.97. The third-order valence-corrected chi connectivity index (χ3v) is 4.53. The molecule has 0 heterocycles. The van der Waals surface area contributed by atoms with Gasteiger partial charge in [0.2, 0.25) is 0 Å². The Bertz CT molecular complexity index is 142. The van der Waals surface area contributed by atoms with E-state index in [0.717, 1.165) is 6.42 Å². The molecule has 0 aliphatic heterocycles. The summed E-state index contributed by atoms with van der Waals surface area (Å²) >= 11 is 0. The van der Waals surface area contributed by atoms with Crippen LogP contribution < -0.4 is 0 Å². The molecular formula is C11H26NOP. The molecule has 0 fully saturated rings. The first kappa shape index (κ1) is 14.3. The average molecular weight is 219 g/mol. The Morgan fingerprint density at radius 3 is 1.79 bits per heavy atom. The summed E-state index contributed by atoms with van der Waals surface area (Å²) in [6.07, 6.45) is 1.47. The summed E-state index contributed by atoms with van der Waals surface area (Å²) < 4.78 is 8.43. The first-order valence-corrected chi connectivity index (χ1v) is 7.24. The lowest BCUT2D eigenvalue weighted by Crippen LogP contribution is -2.33. The summed E-state index contributed by atoms with van der Waals surface area (Å²) in [5.74, 6) is 0. The van der Waals surface area contributed by atoms with E-state index in [1.54, 1.807) is 0 Å². The smallest absolute Gasteiger partial charge is 0.101 e. The Hall–Kier alpha value is 0.350. The van der Waals surface area contributed by atoms with Crippen LogP contribution in [0.1, 0.15) is 48.0 Å². The Morgan fingerprint density at radius 1 is 1.07 bits per heavy atom. The zero-order valence-electron chi connectivity index (χ0n) is 10.7. The van der Waals surface area contributed by atoms with Crippen molar-refractivity contribution in [3.63, 3.8) is 0 Å². The van der Waals surface area contributed by atoms with E-state index in [0.29, 0.717) is 18.2 Å². The van der Waals surface area contributed by atoms with Crippen LogP contribution in [-0.4, -0.2) is 29.5 Å². The number of nitrogens with zero attached hydrogens (tertiary/aromatic N) is 1. The molecule has 3 heteroatoms. The van der Waals surface area contributed by atoms with Gasteiger partial charge in [-0.3, -0.25) is 4.67 Å². The first-order chi connectivity index (χ1) is 6.40. The molecule has 0 N–H and O–H groups in total. The Kier molecular flexibility index (Phi) is 6.93. The summed E-state index contributed by atoms with van der Waals surface area (Å²) in [6.45, 7) is 15.5. The van der Waals surface area contributed by atoms with E-state index in [4.69, 9.17) is 4.52 Å². The molecule has 0 spiro atoms. The molecule has 0 aromatic rings. The van der Waals surface area contributed by atoms with Crippen molar-refractivity contribution in [1.29, 1.82) is 0 Å². The van der Waals surface area contributed by atoms with E-state index in [-0.39, 0.29) is 0 Å². The highest BCUT2D eigenvalue weighted by Crippen LogP contribution is 2.42. The lowest BCUT2D eigenvalue weighted by atomic mass is 10.3. The summed E-state index contributed by atoms with van der Waals surface area (Å²) in [7, 11) is -0.435. The highest BCUT2D eigenvalue weighted by Gasteiger charge is 2.22. The monoisotopic (exact) mass is 219 g/mol. The molecule has 0 aliphatic carbocycles. The summed E-state index contributed by atoms with van der Waals surface area (Å²) in [4.78, 5) is 0. The molecule has 2 unspecified atom stereocenters. The minimum absolute atomic E-state index is 0.381. The number of hydrogen-bond donors (Lipinski definition) is 0. The molecule has 14 heavy (non-hydrogen) atoms. The van der Waals surface area contributed by atoms with Gasteiger partial charge in [0.1, 0.15) is 8.30 Å². The van der Waals surface area contributed by atoms with E-state index < -0.39 is 8.30 Å². The van der Waals surface area contributed by atoms with Crippen LogP contribution in [0.15, 0.2) is 0 Å². The van der Waals surface area contributed by atoms with E-state index in [1.807, 2.05) is 0 Å². The third-order valence-electron chi connectivity index (χ3n) is 2.29. The van der Waals surface area contributed by atoms with Crippen molar-refractivity contribution < 1.29 is 4.52 Å². The lowest BCUT2D eigenvalue weighted by molar-refractivity contribution is 0.200. The lowest BCUT2D eigenvalue weighted by Gasteiger charge is -2.36. The Morgan fingerprint density at radius 2 is 1.50 bits per heavy atom. The quantitative estimate of drug-likeness (QED) is 0.629. The van der Waals surface area contributed by atoms with E-state index >= 15 is 0 Å². The van der Waals surface area contributed by atoms with Gasteiger partial charge in [0.25, 0.3) is 0 Å². The molecule has 2 atom stereocenters. The summed E-state index contributed by atoms with van der Waals surface area (Å²) in [6, 6.07) is 1.13. The van der Waals surface area contributed by atoms with Crippen molar-refractivity contribution >= 4 is 8.30 Å². The second-order valence-corrected chi connectivity index (χ2v) is 5.96. The van der Waals surface area contributed by atoms with Crippen molar-refractivity contribution in [2.24, 2.45) is 0 Å². The van der Waals surface area contributed by atoms with Crippen LogP contribution in [-0.2, 0) is 4.52 Å². The van der Waals surface area contributed by atoms with Crippen LogP contribution in [0.25, 0.3) is 0 Å². The molecule has 0 radical (unpaired) electrons. The fourth-order valence-electron chi connectivity index (χ4n) is 1.64. The van der Waals surface area contributed by atoms with Crippen LogP contribution in [0.5, 0.6) is 0 Å². The van der Waals surface area contributed by atoms with Gasteiger partial charge >= 0.3 is 0 Å². The van der Waals surface area contributed by atoms with Crippen molar-refractivity contribution in [3.8, 4) is 0 Å². The molecule has 0 saturated heterocycles. The largest absolute Gasteiger partial charge is 0.341 e. The number of rotatable bonds is 6. The first-order valence-electron chi connectivity index (χ1n) is 5.58. The van der Waals surface area contributed by atoms with Gasteiger partial charge in [-0.05, 0) is 47.7 Å². The normalized spacial score (nSPS) is 16.7. The number of hydrogen-bond acceptors (Lipinski definition) is 2. The summed E-state index contributed by atoms with van der Waals surface area (Å²) in [5, 5.41) is 0. The van der Waals surface area contributed by atoms with Crippen LogP contribution in [0.4, 0.5) is 0 Å². The van der Waals surface area contributed by atoms with Gasteiger partial charge in [0.05, 0.1) is 6.10 Å². The average Bonchev–Trinajstić information content (AvgIpc) is 2.02. The van der Waals surface area contributed by atoms with E-state index in [9.17, 15) is 0 Å². The molecule has 0 aromatic heterocycles. The minimum atomic E-state index is -0.435. The van der Waals surface area contributed by atoms with Crippen molar-refractivity contribution in [2.75, 3.05) is 6.66 Å². The van der Waals surface area contributed by atoms with Gasteiger partial charge in [-0.25, -0.2) is 0 Å². The molecule has 0 saturated carbocycles. The SMILES string of the molecule is CCC(C)OP(C)N(C(C)C)C(C)C. The zero-order chi connectivity index (χ0) is 11.3. The van der Waals surface area contributed by atoms with Gasteiger partial charge in [-0.2, -0.15) is 0 Å². The third kappa shape index (κ3) is 4.72. The fourth-order valence-corrected chi connectivity index (χ4v) is 3.72. The van der Waals surface area contributed by atoms with Crippen molar-refractivity contribution in [1.82, 2.24) is 4.67 Å². The molecule has 0 bridgehead atoms. The van der Waals surface area contributed by atoms with Gasteiger partial charge in [0, 0.05) is 12.1 Å². The highest BCUT2D eigenvalue weighted by atomic mass is 31.2. The molecule has 0 aromatic carbocycles. The van der Waals surface area contributed by atoms with Crippen LogP contribution in [0.2, 0.25) is 0 Å². The second-order valence-electron chi connectivity index (χ2n) is 4.36. The predicted octanol–water partition coefficient (Wildman–Crippen LogP) is 3.86. The van der Waals surface area contributed by atoms with Crippen LogP contribution >= 0.6 is 8.30 Å². The Labute approximate surface area is 90.9 Å². The zero-order valence-corrected chi connectivity index (χ0v) is 11.6. The molecule has 0 rings (SSSR count). The fraction of sp³-hybridized carbons (Fsp3) is 1.00. The Balaban J connectivity index is 4.22. The minimum Gasteiger partial charge on any atom is -0.341 e. The molecule has 0 amide bonds.